The van der Waals surface area contributed by atoms with Crippen molar-refractivity contribution >= 4 is 21.4 Å². The molecule has 4 nitrogen and oxygen atoms in total. The van der Waals surface area contributed by atoms with Gasteiger partial charge in [-0.1, -0.05) is 18.2 Å². The molecule has 1 aromatic carbocycles. The Balaban J connectivity index is 1.89. The van der Waals surface area contributed by atoms with Crippen LogP contribution in [0.25, 0.3) is 10.1 Å². The summed E-state index contributed by atoms with van der Waals surface area (Å²) < 4.78 is 3.37. The number of fused-ring (bicyclic) bond motifs is 1. The maximum Gasteiger partial charge on any atom is 0.122 e. The number of imidazole rings is 1. The molecular formula is C16H20N4S. The van der Waals surface area contributed by atoms with Crippen molar-refractivity contribution in [2.75, 3.05) is 13.6 Å². The summed E-state index contributed by atoms with van der Waals surface area (Å²) in [5.41, 5.74) is 7.37. The molecule has 2 aromatic heterocycles. The van der Waals surface area contributed by atoms with Crippen LogP contribution in [0.4, 0.5) is 0 Å². The molecule has 1 atom stereocenters. The van der Waals surface area contributed by atoms with Gasteiger partial charge in [-0.05, 0) is 29.4 Å². The van der Waals surface area contributed by atoms with Crippen molar-refractivity contribution in [1.29, 1.82) is 0 Å². The number of nitrogens with zero attached hydrogens (tertiary/aromatic N) is 3. The number of likely N-dealkylation sites (N-methyl/N-ethyl adjacent to an activating group) is 1. The molecule has 2 N–H and O–H groups in total. The van der Waals surface area contributed by atoms with E-state index in [4.69, 9.17) is 5.73 Å². The van der Waals surface area contributed by atoms with Crippen LogP contribution in [-0.2, 0) is 13.6 Å². The first-order valence-corrected chi connectivity index (χ1v) is 7.91. The molecule has 2 heterocycles. The van der Waals surface area contributed by atoms with Crippen molar-refractivity contribution in [3.05, 3.63) is 53.4 Å². The second-order valence-corrected chi connectivity index (χ2v) is 6.22. The first kappa shape index (κ1) is 14.3. The number of hydrogen-bond donors (Lipinski definition) is 1. The van der Waals surface area contributed by atoms with Gasteiger partial charge in [-0.25, -0.2) is 4.98 Å². The highest BCUT2D eigenvalue weighted by atomic mass is 32.1. The Morgan fingerprint density at radius 2 is 2.19 bits per heavy atom. The third-order valence-electron chi connectivity index (χ3n) is 3.94. The molecule has 0 radical (unpaired) electrons. The lowest BCUT2D eigenvalue weighted by molar-refractivity contribution is 0.235. The van der Waals surface area contributed by atoms with Crippen LogP contribution in [0, 0.1) is 0 Å². The van der Waals surface area contributed by atoms with E-state index in [1.54, 1.807) is 11.3 Å². The van der Waals surface area contributed by atoms with Crippen molar-refractivity contribution in [3.63, 3.8) is 0 Å². The van der Waals surface area contributed by atoms with Gasteiger partial charge in [-0.2, -0.15) is 0 Å². The highest BCUT2D eigenvalue weighted by molar-refractivity contribution is 7.17. The van der Waals surface area contributed by atoms with E-state index in [9.17, 15) is 0 Å². The predicted molar refractivity (Wildman–Crippen MR) is 88.3 cm³/mol. The summed E-state index contributed by atoms with van der Waals surface area (Å²) in [5.74, 6) is 1.05. The van der Waals surface area contributed by atoms with Crippen molar-refractivity contribution < 1.29 is 0 Å². The summed E-state index contributed by atoms with van der Waals surface area (Å²) in [5, 5.41) is 3.54. The zero-order valence-electron chi connectivity index (χ0n) is 12.4. The van der Waals surface area contributed by atoms with Gasteiger partial charge in [0.25, 0.3) is 0 Å². The zero-order valence-corrected chi connectivity index (χ0v) is 13.2. The first-order valence-electron chi connectivity index (χ1n) is 7.03. The average Bonchev–Trinajstić information content (AvgIpc) is 3.08. The van der Waals surface area contributed by atoms with Crippen LogP contribution in [-0.4, -0.2) is 28.0 Å². The van der Waals surface area contributed by atoms with E-state index in [1.165, 1.54) is 15.6 Å². The summed E-state index contributed by atoms with van der Waals surface area (Å²) in [6.45, 7) is 1.39. The van der Waals surface area contributed by atoms with E-state index in [0.717, 1.165) is 12.4 Å². The number of benzene rings is 1. The molecule has 0 saturated heterocycles. The number of rotatable bonds is 5. The zero-order chi connectivity index (χ0) is 14.8. The van der Waals surface area contributed by atoms with Gasteiger partial charge < -0.3 is 10.3 Å². The third-order valence-corrected chi connectivity index (χ3v) is 4.92. The normalized spacial score (nSPS) is 13.1. The fourth-order valence-corrected chi connectivity index (χ4v) is 3.69. The van der Waals surface area contributed by atoms with Crippen molar-refractivity contribution in [3.8, 4) is 0 Å². The van der Waals surface area contributed by atoms with Crippen molar-refractivity contribution in [2.45, 2.75) is 12.6 Å². The number of nitrogens with two attached hydrogens (primary N) is 1. The van der Waals surface area contributed by atoms with Crippen LogP contribution in [0.15, 0.2) is 42.0 Å². The van der Waals surface area contributed by atoms with Crippen molar-refractivity contribution in [2.24, 2.45) is 12.8 Å². The van der Waals surface area contributed by atoms with Gasteiger partial charge in [-0.15, -0.1) is 11.3 Å². The molecule has 0 aliphatic heterocycles. The first-order chi connectivity index (χ1) is 10.2. The van der Waals surface area contributed by atoms with Crippen LogP contribution in [0.5, 0.6) is 0 Å². The van der Waals surface area contributed by atoms with Gasteiger partial charge in [0.05, 0.1) is 6.54 Å². The molecule has 0 aliphatic carbocycles. The second-order valence-electron chi connectivity index (χ2n) is 5.31. The molecule has 0 saturated carbocycles. The molecule has 110 valence electrons. The molecule has 3 rings (SSSR count). The SMILES string of the molecule is CN(Cc1nccn1C)C(CN)c1csc2ccccc12. The average molecular weight is 300 g/mol. The minimum atomic E-state index is 0.206. The molecule has 0 aliphatic rings. The molecule has 0 spiro atoms. The van der Waals surface area contributed by atoms with E-state index in [-0.39, 0.29) is 6.04 Å². The Morgan fingerprint density at radius 1 is 1.38 bits per heavy atom. The fraction of sp³-hybridized carbons (Fsp3) is 0.312. The minimum Gasteiger partial charge on any atom is -0.337 e. The summed E-state index contributed by atoms with van der Waals surface area (Å²) in [7, 11) is 4.13. The smallest absolute Gasteiger partial charge is 0.122 e. The monoisotopic (exact) mass is 300 g/mol. The second kappa shape index (κ2) is 5.97. The Bertz CT molecular complexity index is 731. The molecule has 1 unspecified atom stereocenters. The molecule has 0 bridgehead atoms. The summed E-state index contributed by atoms with van der Waals surface area (Å²) in [4.78, 5) is 6.67. The van der Waals surface area contributed by atoms with E-state index in [0.29, 0.717) is 6.54 Å². The molecule has 0 amide bonds. The van der Waals surface area contributed by atoms with E-state index < -0.39 is 0 Å². The summed E-state index contributed by atoms with van der Waals surface area (Å²) >= 11 is 1.78. The lowest BCUT2D eigenvalue weighted by atomic mass is 10.0. The lowest BCUT2D eigenvalue weighted by Crippen LogP contribution is -2.30. The Labute approximate surface area is 128 Å². The van der Waals surface area contributed by atoms with Gasteiger partial charge >= 0.3 is 0 Å². The van der Waals surface area contributed by atoms with Crippen LogP contribution < -0.4 is 5.73 Å². The van der Waals surface area contributed by atoms with Gasteiger partial charge in [0, 0.05) is 36.7 Å². The van der Waals surface area contributed by atoms with Gasteiger partial charge in [0.2, 0.25) is 0 Å². The largest absolute Gasteiger partial charge is 0.337 e. The summed E-state index contributed by atoms with van der Waals surface area (Å²) in [6, 6.07) is 8.72. The number of aromatic nitrogens is 2. The maximum atomic E-state index is 6.06. The minimum absolute atomic E-state index is 0.206. The van der Waals surface area contributed by atoms with Crippen LogP contribution in [0.1, 0.15) is 17.4 Å². The summed E-state index contributed by atoms with van der Waals surface area (Å²) in [6.07, 6.45) is 3.81. The van der Waals surface area contributed by atoms with Crippen molar-refractivity contribution in [1.82, 2.24) is 14.5 Å². The highest BCUT2D eigenvalue weighted by Gasteiger charge is 2.20. The third kappa shape index (κ3) is 2.72. The van der Waals surface area contributed by atoms with Crippen LogP contribution >= 0.6 is 11.3 Å². The lowest BCUT2D eigenvalue weighted by Gasteiger charge is -2.26. The van der Waals surface area contributed by atoms with E-state index in [2.05, 4.69) is 51.1 Å². The number of thiophene rings is 1. The number of hydrogen-bond acceptors (Lipinski definition) is 4. The van der Waals surface area contributed by atoms with Crippen LogP contribution in [0.3, 0.4) is 0 Å². The maximum absolute atomic E-state index is 6.06. The molecule has 21 heavy (non-hydrogen) atoms. The molecular weight excluding hydrogens is 280 g/mol. The Hall–Kier alpha value is -1.69. The van der Waals surface area contributed by atoms with E-state index >= 15 is 0 Å². The highest BCUT2D eigenvalue weighted by Crippen LogP contribution is 2.32. The quantitative estimate of drug-likeness (QED) is 0.788. The Morgan fingerprint density at radius 3 is 2.90 bits per heavy atom. The standard InChI is InChI=1S/C16H20N4S/c1-19-8-7-18-16(19)10-20(2)14(9-17)13-11-21-15-6-4-3-5-12(13)15/h3-8,11,14H,9-10,17H2,1-2H3. The molecule has 3 aromatic rings. The van der Waals surface area contributed by atoms with E-state index in [1.807, 2.05) is 19.4 Å². The molecule has 5 heteroatoms. The fourth-order valence-electron chi connectivity index (χ4n) is 2.68. The number of aryl methyl sites for hydroxylation is 1. The van der Waals surface area contributed by atoms with Crippen LogP contribution in [0.2, 0.25) is 0 Å². The molecule has 0 fully saturated rings. The Kier molecular flexibility index (Phi) is 4.05. The predicted octanol–water partition coefficient (Wildman–Crippen LogP) is 2.77. The van der Waals surface area contributed by atoms with Gasteiger partial charge in [0.15, 0.2) is 0 Å². The van der Waals surface area contributed by atoms with Gasteiger partial charge in [-0.3, -0.25) is 4.90 Å². The van der Waals surface area contributed by atoms with Gasteiger partial charge in [0.1, 0.15) is 5.82 Å². The topological polar surface area (TPSA) is 47.1 Å².